The summed E-state index contributed by atoms with van der Waals surface area (Å²) in [5, 5.41) is 2.88. The fraction of sp³-hybridized carbons (Fsp3) is 0.231. The number of nitrogens with one attached hydrogen (secondary N) is 1. The highest BCUT2D eigenvalue weighted by molar-refractivity contribution is 6.28. The lowest BCUT2D eigenvalue weighted by Gasteiger charge is -2.21. The second kappa shape index (κ2) is 11.5. The van der Waals surface area contributed by atoms with Crippen LogP contribution in [0.3, 0.4) is 0 Å². The number of ether oxygens (including phenoxy) is 1. The van der Waals surface area contributed by atoms with E-state index in [-0.39, 0.29) is 5.28 Å². The highest BCUT2D eigenvalue weighted by Gasteiger charge is 2.13. The van der Waals surface area contributed by atoms with Gasteiger partial charge < -0.3 is 25.1 Å². The van der Waals surface area contributed by atoms with Crippen LogP contribution in [0.4, 0.5) is 16.4 Å². The van der Waals surface area contributed by atoms with Gasteiger partial charge in [-0.05, 0) is 49.2 Å². The summed E-state index contributed by atoms with van der Waals surface area (Å²) in [4.78, 5) is 26.8. The maximum absolute atomic E-state index is 12.1. The summed E-state index contributed by atoms with van der Waals surface area (Å²) in [5.41, 5.74) is 10.4. The predicted octanol–water partition coefficient (Wildman–Crippen LogP) is 4.99. The molecule has 0 fully saturated rings. The number of carbonyl (C=O) groups is 1. The van der Waals surface area contributed by atoms with Crippen molar-refractivity contribution in [1.82, 2.24) is 24.7 Å². The lowest BCUT2D eigenvalue weighted by molar-refractivity contribution is 0.144. The Balaban J connectivity index is 1.21. The Morgan fingerprint density at radius 2 is 1.97 bits per heavy atom. The van der Waals surface area contributed by atoms with Crippen LogP contribution >= 0.6 is 11.6 Å². The molecule has 186 valence electrons. The molecule has 0 bridgehead atoms. The first kappa shape index (κ1) is 25.0. The molecule has 10 heteroatoms. The molecule has 0 saturated carbocycles. The van der Waals surface area contributed by atoms with Crippen molar-refractivity contribution in [2.45, 2.75) is 26.3 Å². The zero-order valence-electron chi connectivity index (χ0n) is 20.0. The maximum atomic E-state index is 12.1. The molecule has 1 aromatic carbocycles. The minimum Gasteiger partial charge on any atom is -0.450 e. The Bertz CT molecular complexity index is 1360. The average Bonchev–Trinajstić information content (AvgIpc) is 3.31. The number of pyridine rings is 1. The number of unbranched alkanes of at least 4 members (excludes halogenated alkanes) is 1. The minimum atomic E-state index is -0.461. The molecule has 1 amide bonds. The number of alkyl carbamates (subject to hydrolysis) is 1. The Morgan fingerprint density at radius 1 is 1.17 bits per heavy atom. The van der Waals surface area contributed by atoms with E-state index in [0.29, 0.717) is 37.8 Å². The summed E-state index contributed by atoms with van der Waals surface area (Å²) in [6.07, 6.45) is 6.56. The van der Waals surface area contributed by atoms with E-state index in [9.17, 15) is 4.79 Å². The molecular formula is C26H28ClN7O2. The van der Waals surface area contributed by atoms with Gasteiger partial charge in [0.25, 0.3) is 0 Å². The zero-order valence-corrected chi connectivity index (χ0v) is 20.8. The predicted molar refractivity (Wildman–Crippen MR) is 142 cm³/mol. The number of benzene rings is 1. The number of halogens is 1. The normalized spacial score (nSPS) is 10.8. The molecule has 0 aliphatic heterocycles. The summed E-state index contributed by atoms with van der Waals surface area (Å²) >= 11 is 5.94. The molecule has 3 heterocycles. The van der Waals surface area contributed by atoms with Crippen molar-refractivity contribution < 1.29 is 9.53 Å². The molecule has 0 radical (unpaired) electrons. The fourth-order valence-electron chi connectivity index (χ4n) is 3.72. The van der Waals surface area contributed by atoms with E-state index in [1.807, 2.05) is 71.1 Å². The van der Waals surface area contributed by atoms with Crippen LogP contribution in [0, 0.1) is 6.92 Å². The van der Waals surface area contributed by atoms with Crippen molar-refractivity contribution in [2.24, 2.45) is 0 Å². The third-order valence-electron chi connectivity index (χ3n) is 5.67. The molecule has 0 aliphatic rings. The first-order chi connectivity index (χ1) is 17.4. The van der Waals surface area contributed by atoms with Gasteiger partial charge in [-0.15, -0.1) is 0 Å². The minimum absolute atomic E-state index is 0.0868. The van der Waals surface area contributed by atoms with Gasteiger partial charge in [0.2, 0.25) is 5.28 Å². The first-order valence-corrected chi connectivity index (χ1v) is 11.9. The summed E-state index contributed by atoms with van der Waals surface area (Å²) in [6.45, 7) is 6.94. The first-order valence-electron chi connectivity index (χ1n) is 11.6. The van der Waals surface area contributed by atoms with Crippen LogP contribution in [-0.4, -0.2) is 38.6 Å². The van der Waals surface area contributed by atoms with Crippen LogP contribution in [0.25, 0.3) is 16.9 Å². The highest BCUT2D eigenvalue weighted by atomic mass is 35.5. The summed E-state index contributed by atoms with van der Waals surface area (Å²) < 4.78 is 7.27. The van der Waals surface area contributed by atoms with Gasteiger partial charge in [-0.2, -0.15) is 4.98 Å². The number of nitrogens with two attached hydrogens (primary N) is 1. The lowest BCUT2D eigenvalue weighted by Crippen LogP contribution is -2.25. The van der Waals surface area contributed by atoms with Gasteiger partial charge in [0.05, 0.1) is 12.3 Å². The van der Waals surface area contributed by atoms with Crippen LogP contribution in [0.1, 0.15) is 24.0 Å². The molecular weight excluding hydrogens is 478 g/mol. The molecule has 4 aromatic rings. The number of anilines is 2. The molecule has 36 heavy (non-hydrogen) atoms. The van der Waals surface area contributed by atoms with E-state index in [1.54, 1.807) is 6.20 Å². The molecule has 0 spiro atoms. The quantitative estimate of drug-likeness (QED) is 0.230. The number of imidazole rings is 1. The van der Waals surface area contributed by atoms with Crippen molar-refractivity contribution in [3.8, 4) is 11.3 Å². The Morgan fingerprint density at radius 3 is 2.75 bits per heavy atom. The van der Waals surface area contributed by atoms with E-state index in [0.717, 1.165) is 34.5 Å². The summed E-state index contributed by atoms with van der Waals surface area (Å²) in [6, 6.07) is 13.9. The smallest absolute Gasteiger partial charge is 0.407 e. The molecule has 0 unspecified atom stereocenters. The standard InChI is InChI=1S/C26H28ClN7O2/c1-3-33(24-18(2)23(28)31-25(27)32-24)13-7-8-14-36-26(35)29-15-19-11-12-22-30-21(17-34(22)16-19)20-9-5-4-6-10-20/h3-6,9-12,16-17H,1,7-8,13-15H2,2H3,(H,29,35)(H2,28,31,32). The molecule has 0 aliphatic carbocycles. The van der Waals surface area contributed by atoms with Gasteiger partial charge in [-0.25, -0.2) is 14.8 Å². The Labute approximate surface area is 214 Å². The number of nitrogen functional groups attached to an aromatic ring is 1. The van der Waals surface area contributed by atoms with Crippen LogP contribution in [0.5, 0.6) is 0 Å². The number of carbonyl (C=O) groups excluding carboxylic acids is 1. The molecule has 9 nitrogen and oxygen atoms in total. The second-order valence-electron chi connectivity index (χ2n) is 8.19. The third-order valence-corrected chi connectivity index (χ3v) is 5.84. The number of hydrogen-bond donors (Lipinski definition) is 2. The number of rotatable bonds is 10. The van der Waals surface area contributed by atoms with Crippen molar-refractivity contribution in [1.29, 1.82) is 0 Å². The number of nitrogens with zero attached hydrogens (tertiary/aromatic N) is 5. The summed E-state index contributed by atoms with van der Waals surface area (Å²) in [7, 11) is 0. The van der Waals surface area contributed by atoms with E-state index in [1.165, 1.54) is 0 Å². The van der Waals surface area contributed by atoms with Gasteiger partial charge in [-0.3, -0.25) is 0 Å². The van der Waals surface area contributed by atoms with E-state index >= 15 is 0 Å². The Kier molecular flexibility index (Phi) is 8.02. The van der Waals surface area contributed by atoms with Crippen LogP contribution in [0.15, 0.2) is 67.6 Å². The molecule has 0 saturated heterocycles. The van der Waals surface area contributed by atoms with Gasteiger partial charge in [-0.1, -0.05) is 43.0 Å². The van der Waals surface area contributed by atoms with Crippen molar-refractivity contribution in [3.05, 3.63) is 84.0 Å². The Hall–Kier alpha value is -4.11. The number of amides is 1. The van der Waals surface area contributed by atoms with Crippen LogP contribution in [-0.2, 0) is 11.3 Å². The third kappa shape index (κ3) is 6.11. The average molecular weight is 506 g/mol. The molecule has 4 rings (SSSR count). The monoisotopic (exact) mass is 505 g/mol. The number of aromatic nitrogens is 4. The van der Waals surface area contributed by atoms with Gasteiger partial charge in [0, 0.05) is 36.6 Å². The topological polar surface area (TPSA) is 111 Å². The van der Waals surface area contributed by atoms with Crippen LogP contribution < -0.4 is 16.0 Å². The summed E-state index contributed by atoms with van der Waals surface area (Å²) in [5.74, 6) is 0.951. The maximum Gasteiger partial charge on any atom is 0.407 e. The largest absolute Gasteiger partial charge is 0.450 e. The van der Waals surface area contributed by atoms with Crippen molar-refractivity contribution in [2.75, 3.05) is 23.8 Å². The van der Waals surface area contributed by atoms with Gasteiger partial charge in [0.1, 0.15) is 17.3 Å². The second-order valence-corrected chi connectivity index (χ2v) is 8.53. The SMILES string of the molecule is C=CN(CCCCOC(=O)NCc1ccc2nc(-c3ccccc3)cn2c1)c1nc(Cl)nc(N)c1C. The van der Waals surface area contributed by atoms with E-state index in [2.05, 4.69) is 26.8 Å². The number of fused-ring (bicyclic) bond motifs is 1. The molecule has 0 atom stereocenters. The van der Waals surface area contributed by atoms with Crippen LogP contribution in [0.2, 0.25) is 5.28 Å². The molecule has 3 aromatic heterocycles. The zero-order chi connectivity index (χ0) is 25.5. The lowest BCUT2D eigenvalue weighted by atomic mass is 10.2. The number of hydrogen-bond acceptors (Lipinski definition) is 7. The molecule has 3 N–H and O–H groups in total. The highest BCUT2D eigenvalue weighted by Crippen LogP contribution is 2.24. The fourth-order valence-corrected chi connectivity index (χ4v) is 3.89. The van der Waals surface area contributed by atoms with Gasteiger partial charge >= 0.3 is 6.09 Å². The van der Waals surface area contributed by atoms with E-state index in [4.69, 9.17) is 22.1 Å². The van der Waals surface area contributed by atoms with Gasteiger partial charge in [0.15, 0.2) is 0 Å². The van der Waals surface area contributed by atoms with E-state index < -0.39 is 6.09 Å². The van der Waals surface area contributed by atoms with Crippen molar-refractivity contribution in [3.63, 3.8) is 0 Å². The van der Waals surface area contributed by atoms with Crippen molar-refractivity contribution >= 4 is 35.0 Å².